The largest absolute Gasteiger partial charge is 0.395 e. The molecule has 3 nitrogen and oxygen atoms in total. The summed E-state index contributed by atoms with van der Waals surface area (Å²) in [5.74, 6) is -1.82. The second kappa shape index (κ2) is 8.19. The van der Waals surface area contributed by atoms with Gasteiger partial charge in [-0.15, -0.1) is 0 Å². The Kier molecular flexibility index (Phi) is 6.91. The summed E-state index contributed by atoms with van der Waals surface area (Å²) in [6.07, 6.45) is -2.75. The van der Waals surface area contributed by atoms with Crippen molar-refractivity contribution < 1.29 is 22.7 Å². The Morgan fingerprint density at radius 3 is 2.19 bits per heavy atom. The fourth-order valence-corrected chi connectivity index (χ4v) is 1.93. The van der Waals surface area contributed by atoms with Gasteiger partial charge < -0.3 is 15.3 Å². The molecule has 21 heavy (non-hydrogen) atoms. The van der Waals surface area contributed by atoms with E-state index in [1.165, 1.54) is 0 Å². The zero-order valence-electron chi connectivity index (χ0n) is 12.0. The van der Waals surface area contributed by atoms with Crippen LogP contribution in [0.25, 0.3) is 0 Å². The molecule has 0 fully saturated rings. The summed E-state index contributed by atoms with van der Waals surface area (Å²) in [5.41, 5.74) is -0.138. The Bertz CT molecular complexity index is 432. The average molecular weight is 308 g/mol. The molecule has 0 heterocycles. The average Bonchev–Trinajstić information content (AvgIpc) is 2.35. The molecule has 2 N–H and O–H groups in total. The second-order valence-corrected chi connectivity index (χ2v) is 5.00. The van der Waals surface area contributed by atoms with E-state index in [9.17, 15) is 17.6 Å². The lowest BCUT2D eigenvalue weighted by Crippen LogP contribution is -2.33. The molecule has 0 aliphatic rings. The van der Waals surface area contributed by atoms with Gasteiger partial charge in [0.25, 0.3) is 6.43 Å². The smallest absolute Gasteiger partial charge is 0.255 e. The van der Waals surface area contributed by atoms with Crippen LogP contribution in [0.4, 0.5) is 23.2 Å². The molecule has 1 aromatic rings. The second-order valence-electron chi connectivity index (χ2n) is 5.00. The minimum atomic E-state index is -2.75. The number of alkyl halides is 2. The van der Waals surface area contributed by atoms with Crippen LogP contribution in [0.1, 0.15) is 19.4 Å². The Labute approximate surface area is 121 Å². The van der Waals surface area contributed by atoms with Gasteiger partial charge in [0, 0.05) is 19.1 Å². The van der Waals surface area contributed by atoms with Crippen molar-refractivity contribution in [2.45, 2.75) is 32.9 Å². The maximum Gasteiger partial charge on any atom is 0.255 e. The van der Waals surface area contributed by atoms with E-state index in [-0.39, 0.29) is 19.1 Å². The number of aliphatic hydroxyl groups is 1. The molecule has 0 atom stereocenters. The lowest BCUT2D eigenvalue weighted by atomic mass is 10.1. The van der Waals surface area contributed by atoms with E-state index in [1.54, 1.807) is 0 Å². The van der Waals surface area contributed by atoms with E-state index in [0.717, 1.165) is 17.0 Å². The van der Waals surface area contributed by atoms with Crippen molar-refractivity contribution in [3.63, 3.8) is 0 Å². The summed E-state index contributed by atoms with van der Waals surface area (Å²) in [7, 11) is 0. The van der Waals surface area contributed by atoms with Gasteiger partial charge in [0.1, 0.15) is 17.3 Å². The van der Waals surface area contributed by atoms with E-state index >= 15 is 0 Å². The van der Waals surface area contributed by atoms with Gasteiger partial charge in [-0.25, -0.2) is 17.6 Å². The summed E-state index contributed by atoms with van der Waals surface area (Å²) < 4.78 is 53.0. The standard InChI is InChI=1S/C14H20F4N2O/c1-9(2)19-7-10-5-11(15)14(12(16)6-10)20(3-4-21)8-13(17)18/h5-6,9,13,19,21H,3-4,7-8H2,1-2H3. The Morgan fingerprint density at radius 2 is 1.76 bits per heavy atom. The molecule has 0 amide bonds. The van der Waals surface area contributed by atoms with Gasteiger partial charge >= 0.3 is 0 Å². The van der Waals surface area contributed by atoms with Gasteiger partial charge in [0.2, 0.25) is 0 Å². The summed E-state index contributed by atoms with van der Waals surface area (Å²) >= 11 is 0. The third-order valence-corrected chi connectivity index (χ3v) is 2.84. The highest BCUT2D eigenvalue weighted by atomic mass is 19.3. The van der Waals surface area contributed by atoms with Gasteiger partial charge in [0.15, 0.2) is 0 Å². The first-order valence-corrected chi connectivity index (χ1v) is 6.70. The molecule has 0 aliphatic carbocycles. The van der Waals surface area contributed by atoms with Gasteiger partial charge in [0.05, 0.1) is 13.2 Å². The fraction of sp³-hybridized carbons (Fsp3) is 0.571. The zero-order valence-corrected chi connectivity index (χ0v) is 12.0. The normalized spacial score (nSPS) is 11.5. The monoisotopic (exact) mass is 308 g/mol. The molecule has 7 heteroatoms. The van der Waals surface area contributed by atoms with Crippen molar-refractivity contribution in [2.75, 3.05) is 24.6 Å². The number of anilines is 1. The molecule has 0 radical (unpaired) electrons. The van der Waals surface area contributed by atoms with Crippen molar-refractivity contribution in [3.8, 4) is 0 Å². The van der Waals surface area contributed by atoms with Crippen molar-refractivity contribution in [1.82, 2.24) is 5.32 Å². The molecular formula is C14H20F4N2O. The molecule has 0 saturated heterocycles. The molecule has 1 rings (SSSR count). The van der Waals surface area contributed by atoms with Gasteiger partial charge in [-0.2, -0.15) is 0 Å². The van der Waals surface area contributed by atoms with Gasteiger partial charge in [-0.3, -0.25) is 0 Å². The highest BCUT2D eigenvalue weighted by molar-refractivity contribution is 5.51. The summed E-state index contributed by atoms with van der Waals surface area (Å²) in [6.45, 7) is 2.50. The van der Waals surface area contributed by atoms with Crippen molar-refractivity contribution in [1.29, 1.82) is 0 Å². The number of hydrogen-bond acceptors (Lipinski definition) is 3. The predicted octanol–water partition coefficient (Wildman–Crippen LogP) is 2.53. The minimum Gasteiger partial charge on any atom is -0.395 e. The molecule has 0 spiro atoms. The van der Waals surface area contributed by atoms with E-state index in [2.05, 4.69) is 5.32 Å². The molecule has 0 unspecified atom stereocenters. The molecule has 120 valence electrons. The van der Waals surface area contributed by atoms with Crippen LogP contribution in [-0.2, 0) is 6.54 Å². The fourth-order valence-electron chi connectivity index (χ4n) is 1.93. The third kappa shape index (κ3) is 5.51. The topological polar surface area (TPSA) is 35.5 Å². The Morgan fingerprint density at radius 1 is 1.19 bits per heavy atom. The van der Waals surface area contributed by atoms with E-state index in [0.29, 0.717) is 5.56 Å². The number of nitrogens with one attached hydrogen (secondary N) is 1. The quantitative estimate of drug-likeness (QED) is 0.725. The molecule has 0 aromatic heterocycles. The van der Waals surface area contributed by atoms with E-state index in [1.807, 2.05) is 13.8 Å². The predicted molar refractivity (Wildman–Crippen MR) is 73.6 cm³/mol. The van der Waals surface area contributed by atoms with Crippen LogP contribution in [0.5, 0.6) is 0 Å². The van der Waals surface area contributed by atoms with E-state index < -0.39 is 36.9 Å². The highest BCUT2D eigenvalue weighted by Crippen LogP contribution is 2.25. The maximum absolute atomic E-state index is 14.0. The first-order chi connectivity index (χ1) is 9.85. The zero-order chi connectivity index (χ0) is 16.0. The number of aliphatic hydroxyl groups excluding tert-OH is 1. The number of halogens is 4. The first kappa shape index (κ1) is 17.7. The lowest BCUT2D eigenvalue weighted by molar-refractivity contribution is 0.152. The minimum absolute atomic E-state index is 0.153. The lowest BCUT2D eigenvalue weighted by Gasteiger charge is -2.25. The van der Waals surface area contributed by atoms with Crippen molar-refractivity contribution >= 4 is 5.69 Å². The molecule has 0 bridgehead atoms. The van der Waals surface area contributed by atoms with Gasteiger partial charge in [-0.1, -0.05) is 13.8 Å². The number of hydrogen-bond donors (Lipinski definition) is 2. The first-order valence-electron chi connectivity index (χ1n) is 6.70. The Hall–Kier alpha value is -1.34. The van der Waals surface area contributed by atoms with Crippen LogP contribution in [-0.4, -0.2) is 37.3 Å². The van der Waals surface area contributed by atoms with Crippen LogP contribution < -0.4 is 10.2 Å². The summed E-state index contributed by atoms with van der Waals surface area (Å²) in [6, 6.07) is 2.38. The Balaban J connectivity index is 3.00. The number of benzene rings is 1. The maximum atomic E-state index is 14.0. The van der Waals surface area contributed by atoms with Crippen LogP contribution in [0, 0.1) is 11.6 Å². The van der Waals surface area contributed by atoms with Crippen molar-refractivity contribution in [2.24, 2.45) is 0 Å². The van der Waals surface area contributed by atoms with Crippen molar-refractivity contribution in [3.05, 3.63) is 29.3 Å². The number of rotatable bonds is 8. The molecule has 1 aromatic carbocycles. The van der Waals surface area contributed by atoms with Gasteiger partial charge in [-0.05, 0) is 17.7 Å². The van der Waals surface area contributed by atoms with Crippen LogP contribution in [0.2, 0.25) is 0 Å². The van der Waals surface area contributed by atoms with E-state index in [4.69, 9.17) is 5.11 Å². The molecule has 0 aliphatic heterocycles. The third-order valence-electron chi connectivity index (χ3n) is 2.84. The SMILES string of the molecule is CC(C)NCc1cc(F)c(N(CCO)CC(F)F)c(F)c1. The summed E-state index contributed by atoms with van der Waals surface area (Å²) in [5, 5.41) is 11.9. The summed E-state index contributed by atoms with van der Waals surface area (Å²) in [4.78, 5) is 0.814. The number of nitrogens with zero attached hydrogens (tertiary/aromatic N) is 1. The molecule has 0 saturated carbocycles. The highest BCUT2D eigenvalue weighted by Gasteiger charge is 2.20. The molecular weight excluding hydrogens is 288 g/mol. The van der Waals surface area contributed by atoms with Crippen LogP contribution >= 0.6 is 0 Å². The van der Waals surface area contributed by atoms with Crippen LogP contribution in [0.15, 0.2) is 12.1 Å². The van der Waals surface area contributed by atoms with Crippen LogP contribution in [0.3, 0.4) is 0 Å².